The average molecular weight is 273 g/mol. The first-order valence-corrected chi connectivity index (χ1v) is 7.76. The van der Waals surface area contributed by atoms with Crippen LogP contribution in [-0.4, -0.2) is 28.6 Å². The summed E-state index contributed by atoms with van der Waals surface area (Å²) < 4.78 is 0. The van der Waals surface area contributed by atoms with Gasteiger partial charge in [-0.1, -0.05) is 30.7 Å². The monoisotopic (exact) mass is 273 g/mol. The lowest BCUT2D eigenvalue weighted by molar-refractivity contribution is -0.136. The summed E-state index contributed by atoms with van der Waals surface area (Å²) in [6.07, 6.45) is 7.04. The van der Waals surface area contributed by atoms with Crippen molar-refractivity contribution in [2.45, 2.75) is 51.1 Å². The van der Waals surface area contributed by atoms with Crippen molar-refractivity contribution in [1.82, 2.24) is 4.90 Å². The van der Waals surface area contributed by atoms with Crippen molar-refractivity contribution >= 4 is 5.97 Å². The van der Waals surface area contributed by atoms with E-state index in [0.717, 1.165) is 24.1 Å². The first-order chi connectivity index (χ1) is 9.72. The molecule has 1 heterocycles. The Kier molecular flexibility index (Phi) is 4.06. The minimum Gasteiger partial charge on any atom is -0.481 e. The Morgan fingerprint density at radius 2 is 1.80 bits per heavy atom. The molecule has 0 spiro atoms. The molecule has 0 radical (unpaired) electrons. The maximum Gasteiger partial charge on any atom is 0.307 e. The van der Waals surface area contributed by atoms with E-state index < -0.39 is 5.97 Å². The number of fused-ring (bicyclic) bond motifs is 1. The smallest absolute Gasteiger partial charge is 0.307 e. The summed E-state index contributed by atoms with van der Waals surface area (Å²) in [5.41, 5.74) is 2.20. The van der Waals surface area contributed by atoms with Gasteiger partial charge < -0.3 is 5.11 Å². The van der Waals surface area contributed by atoms with Gasteiger partial charge in [0.1, 0.15) is 0 Å². The summed E-state index contributed by atoms with van der Waals surface area (Å²) in [5, 5.41) is 8.79. The Hall–Kier alpha value is -1.35. The topological polar surface area (TPSA) is 40.5 Å². The van der Waals surface area contributed by atoms with Gasteiger partial charge in [0.2, 0.25) is 0 Å². The number of rotatable bonds is 4. The van der Waals surface area contributed by atoms with E-state index in [9.17, 15) is 4.79 Å². The lowest BCUT2D eigenvalue weighted by Crippen LogP contribution is -2.41. The third kappa shape index (κ3) is 3.04. The fraction of sp³-hybridized carbons (Fsp3) is 0.588. The van der Waals surface area contributed by atoms with E-state index in [0.29, 0.717) is 0 Å². The van der Waals surface area contributed by atoms with Crippen LogP contribution < -0.4 is 0 Å². The van der Waals surface area contributed by atoms with E-state index in [1.54, 1.807) is 0 Å². The zero-order valence-electron chi connectivity index (χ0n) is 11.9. The SMILES string of the molecule is O=C(O)Cc1ccc(CN2CCCC3CCCC32)cc1. The second kappa shape index (κ2) is 5.96. The van der Waals surface area contributed by atoms with Crippen LogP contribution >= 0.6 is 0 Å². The molecule has 0 aromatic heterocycles. The Morgan fingerprint density at radius 1 is 1.10 bits per heavy atom. The number of aliphatic carboxylic acids is 1. The predicted molar refractivity (Wildman–Crippen MR) is 78.6 cm³/mol. The number of hydrogen-bond donors (Lipinski definition) is 1. The molecule has 20 heavy (non-hydrogen) atoms. The number of piperidine rings is 1. The third-order valence-corrected chi connectivity index (χ3v) is 4.87. The lowest BCUT2D eigenvalue weighted by Gasteiger charge is -2.37. The van der Waals surface area contributed by atoms with Crippen molar-refractivity contribution in [2.75, 3.05) is 6.54 Å². The van der Waals surface area contributed by atoms with Gasteiger partial charge in [0.25, 0.3) is 0 Å². The highest BCUT2D eigenvalue weighted by Gasteiger charge is 2.34. The van der Waals surface area contributed by atoms with Gasteiger partial charge in [-0.15, -0.1) is 0 Å². The van der Waals surface area contributed by atoms with Crippen molar-refractivity contribution < 1.29 is 9.90 Å². The van der Waals surface area contributed by atoms with Crippen LogP contribution in [-0.2, 0) is 17.8 Å². The van der Waals surface area contributed by atoms with Crippen molar-refractivity contribution in [3.8, 4) is 0 Å². The Balaban J connectivity index is 1.63. The van der Waals surface area contributed by atoms with Gasteiger partial charge >= 0.3 is 5.97 Å². The van der Waals surface area contributed by atoms with Gasteiger partial charge in [0, 0.05) is 12.6 Å². The molecule has 2 aliphatic rings. The minimum absolute atomic E-state index is 0.120. The van der Waals surface area contributed by atoms with Crippen LogP contribution in [0.1, 0.15) is 43.2 Å². The summed E-state index contributed by atoms with van der Waals surface area (Å²) in [7, 11) is 0. The summed E-state index contributed by atoms with van der Waals surface area (Å²) in [6.45, 7) is 2.24. The fourth-order valence-electron chi connectivity index (χ4n) is 3.93. The molecule has 1 aromatic rings. The summed E-state index contributed by atoms with van der Waals surface area (Å²) in [6, 6.07) is 8.90. The van der Waals surface area contributed by atoms with Gasteiger partial charge in [-0.25, -0.2) is 0 Å². The summed E-state index contributed by atoms with van der Waals surface area (Å²) in [4.78, 5) is 13.3. The molecule has 3 nitrogen and oxygen atoms in total. The van der Waals surface area contributed by atoms with Gasteiger partial charge in [0.05, 0.1) is 6.42 Å². The number of carboxylic acids is 1. The molecule has 1 saturated carbocycles. The highest BCUT2D eigenvalue weighted by molar-refractivity contribution is 5.70. The van der Waals surface area contributed by atoms with E-state index in [1.165, 1.54) is 44.2 Å². The molecule has 108 valence electrons. The Labute approximate surface area is 120 Å². The van der Waals surface area contributed by atoms with Crippen molar-refractivity contribution in [2.24, 2.45) is 5.92 Å². The maximum atomic E-state index is 10.7. The van der Waals surface area contributed by atoms with Gasteiger partial charge in [-0.2, -0.15) is 0 Å². The second-order valence-electron chi connectivity index (χ2n) is 6.26. The lowest BCUT2D eigenvalue weighted by atomic mass is 9.91. The van der Waals surface area contributed by atoms with Crippen LogP contribution in [0.5, 0.6) is 0 Å². The molecular formula is C17H23NO2. The zero-order chi connectivity index (χ0) is 13.9. The highest BCUT2D eigenvalue weighted by Crippen LogP contribution is 2.37. The van der Waals surface area contributed by atoms with Crippen LogP contribution in [0.25, 0.3) is 0 Å². The second-order valence-corrected chi connectivity index (χ2v) is 6.26. The van der Waals surface area contributed by atoms with Gasteiger partial charge in [-0.3, -0.25) is 9.69 Å². The molecule has 1 aliphatic carbocycles. The first kappa shape index (κ1) is 13.6. The molecule has 2 unspecified atom stereocenters. The van der Waals surface area contributed by atoms with Crippen LogP contribution in [0.3, 0.4) is 0 Å². The quantitative estimate of drug-likeness (QED) is 0.916. The standard InChI is InChI=1S/C17H23NO2/c19-17(20)11-13-6-8-14(9-7-13)12-18-10-2-4-15-3-1-5-16(15)18/h6-9,15-16H,1-5,10-12H2,(H,19,20). The number of carbonyl (C=O) groups is 1. The number of carboxylic acid groups (broad SMARTS) is 1. The molecule has 1 saturated heterocycles. The number of benzene rings is 1. The molecule has 3 heteroatoms. The first-order valence-electron chi connectivity index (χ1n) is 7.76. The molecule has 1 N–H and O–H groups in total. The molecule has 3 rings (SSSR count). The molecule has 0 amide bonds. The Bertz CT molecular complexity index is 468. The zero-order valence-corrected chi connectivity index (χ0v) is 11.9. The molecule has 0 bridgehead atoms. The molecule has 1 aromatic carbocycles. The van der Waals surface area contributed by atoms with Crippen molar-refractivity contribution in [1.29, 1.82) is 0 Å². The average Bonchev–Trinajstić information content (AvgIpc) is 2.90. The van der Waals surface area contributed by atoms with Crippen LogP contribution in [0.15, 0.2) is 24.3 Å². The van der Waals surface area contributed by atoms with E-state index in [4.69, 9.17) is 5.11 Å². The van der Waals surface area contributed by atoms with Crippen LogP contribution in [0.2, 0.25) is 0 Å². The maximum absolute atomic E-state index is 10.7. The van der Waals surface area contributed by atoms with E-state index in [1.807, 2.05) is 12.1 Å². The van der Waals surface area contributed by atoms with Crippen LogP contribution in [0.4, 0.5) is 0 Å². The third-order valence-electron chi connectivity index (χ3n) is 4.87. The minimum atomic E-state index is -0.762. The van der Waals surface area contributed by atoms with Gasteiger partial charge in [-0.05, 0) is 49.3 Å². The predicted octanol–water partition coefficient (Wildman–Crippen LogP) is 3.08. The van der Waals surface area contributed by atoms with E-state index in [-0.39, 0.29) is 6.42 Å². The van der Waals surface area contributed by atoms with E-state index in [2.05, 4.69) is 17.0 Å². The normalized spacial score (nSPS) is 26.4. The van der Waals surface area contributed by atoms with E-state index >= 15 is 0 Å². The summed E-state index contributed by atoms with van der Waals surface area (Å²) in [5.74, 6) is 0.164. The molecular weight excluding hydrogens is 250 g/mol. The highest BCUT2D eigenvalue weighted by atomic mass is 16.4. The Morgan fingerprint density at radius 3 is 2.55 bits per heavy atom. The molecule has 2 atom stereocenters. The molecule has 2 fully saturated rings. The summed E-state index contributed by atoms with van der Waals surface area (Å²) >= 11 is 0. The fourth-order valence-corrected chi connectivity index (χ4v) is 3.93. The number of nitrogens with zero attached hydrogens (tertiary/aromatic N) is 1. The van der Waals surface area contributed by atoms with Crippen molar-refractivity contribution in [3.05, 3.63) is 35.4 Å². The molecule has 1 aliphatic heterocycles. The number of hydrogen-bond acceptors (Lipinski definition) is 2. The largest absolute Gasteiger partial charge is 0.481 e. The van der Waals surface area contributed by atoms with Gasteiger partial charge in [0.15, 0.2) is 0 Å². The van der Waals surface area contributed by atoms with Crippen molar-refractivity contribution in [3.63, 3.8) is 0 Å². The number of likely N-dealkylation sites (tertiary alicyclic amines) is 1. The van der Waals surface area contributed by atoms with Crippen LogP contribution in [0, 0.1) is 5.92 Å².